The molecule has 6 nitrogen and oxygen atoms in total. The number of amides is 1. The molecule has 0 aromatic carbocycles. The van der Waals surface area contributed by atoms with Crippen LogP contribution in [0.5, 0.6) is 0 Å². The maximum absolute atomic E-state index is 12.5. The van der Waals surface area contributed by atoms with Gasteiger partial charge in [0.2, 0.25) is 0 Å². The molecule has 0 saturated carbocycles. The average molecular weight is 313 g/mol. The van der Waals surface area contributed by atoms with Crippen molar-refractivity contribution in [3.63, 3.8) is 0 Å². The van der Waals surface area contributed by atoms with Crippen molar-refractivity contribution in [2.75, 3.05) is 60.1 Å². The first-order valence-corrected chi connectivity index (χ1v) is 8.08. The van der Waals surface area contributed by atoms with E-state index in [-0.39, 0.29) is 5.91 Å². The predicted octanol–water partition coefficient (Wildman–Crippen LogP) is 1.07. The lowest BCUT2D eigenvalue weighted by molar-refractivity contribution is 0.0739. The van der Waals surface area contributed by atoms with Crippen LogP contribution < -0.4 is 5.73 Å². The topological polar surface area (TPSA) is 65.7 Å². The van der Waals surface area contributed by atoms with Crippen molar-refractivity contribution in [3.05, 3.63) is 11.1 Å². The van der Waals surface area contributed by atoms with Crippen LogP contribution in [0.25, 0.3) is 0 Å². The maximum atomic E-state index is 12.5. The number of hydrogen-bond donors (Lipinski definition) is 1. The fourth-order valence-electron chi connectivity index (χ4n) is 2.02. The molecule has 21 heavy (non-hydrogen) atoms. The number of nitrogens with two attached hydrogens (primary N) is 1. The van der Waals surface area contributed by atoms with Gasteiger partial charge in [-0.15, -0.1) is 11.3 Å². The van der Waals surface area contributed by atoms with E-state index in [9.17, 15) is 4.79 Å². The Labute approximate surface area is 131 Å². The fourth-order valence-corrected chi connectivity index (χ4v) is 2.56. The molecule has 0 radical (unpaired) electrons. The summed E-state index contributed by atoms with van der Waals surface area (Å²) in [5.74, 6) is -0.0135. The number of thiazole rings is 1. The van der Waals surface area contributed by atoms with Crippen LogP contribution in [0.4, 0.5) is 5.13 Å². The van der Waals surface area contributed by atoms with Gasteiger partial charge < -0.3 is 20.4 Å². The third kappa shape index (κ3) is 6.88. The molecule has 0 aliphatic rings. The first kappa shape index (κ1) is 17.9. The molecule has 0 aliphatic heterocycles. The summed E-state index contributed by atoms with van der Waals surface area (Å²) in [7, 11) is 8.16. The molecule has 1 rings (SSSR count). The van der Waals surface area contributed by atoms with Crippen molar-refractivity contribution < 1.29 is 4.79 Å². The first-order valence-electron chi connectivity index (χ1n) is 7.20. The Morgan fingerprint density at radius 2 is 1.62 bits per heavy atom. The zero-order valence-electron chi connectivity index (χ0n) is 13.5. The molecule has 0 unspecified atom stereocenters. The number of carbonyl (C=O) groups excluding carboxylic acids is 1. The van der Waals surface area contributed by atoms with Crippen LogP contribution in [0.3, 0.4) is 0 Å². The van der Waals surface area contributed by atoms with Crippen LogP contribution >= 0.6 is 11.3 Å². The highest BCUT2D eigenvalue weighted by atomic mass is 32.1. The number of nitrogen functional groups attached to an aromatic ring is 1. The summed E-state index contributed by atoms with van der Waals surface area (Å²) in [5.41, 5.74) is 6.08. The van der Waals surface area contributed by atoms with Crippen molar-refractivity contribution in [2.45, 2.75) is 12.8 Å². The third-order valence-electron chi connectivity index (χ3n) is 3.09. The van der Waals surface area contributed by atoms with Gasteiger partial charge in [0.25, 0.3) is 5.91 Å². The lowest BCUT2D eigenvalue weighted by Gasteiger charge is -2.23. The summed E-state index contributed by atoms with van der Waals surface area (Å²) in [6.45, 7) is 3.44. The molecule has 0 bridgehead atoms. The van der Waals surface area contributed by atoms with E-state index in [0.29, 0.717) is 10.8 Å². The van der Waals surface area contributed by atoms with Crippen LogP contribution in [0.15, 0.2) is 5.38 Å². The molecule has 1 heterocycles. The van der Waals surface area contributed by atoms with E-state index >= 15 is 0 Å². The number of rotatable bonds is 9. The first-order chi connectivity index (χ1) is 9.90. The molecule has 0 fully saturated rings. The highest BCUT2D eigenvalue weighted by Crippen LogP contribution is 2.13. The van der Waals surface area contributed by atoms with E-state index in [0.717, 1.165) is 39.0 Å². The zero-order chi connectivity index (χ0) is 15.8. The van der Waals surface area contributed by atoms with E-state index in [1.807, 2.05) is 33.1 Å². The molecule has 2 N–H and O–H groups in total. The largest absolute Gasteiger partial charge is 0.375 e. The Morgan fingerprint density at radius 3 is 2.00 bits per heavy atom. The van der Waals surface area contributed by atoms with Crippen molar-refractivity contribution in [3.8, 4) is 0 Å². The molecule has 0 saturated heterocycles. The van der Waals surface area contributed by atoms with Gasteiger partial charge in [-0.05, 0) is 54.1 Å². The second kappa shape index (κ2) is 8.96. The number of anilines is 1. The Hall–Kier alpha value is -1.18. The molecule has 1 aromatic heterocycles. The fraction of sp³-hybridized carbons (Fsp3) is 0.714. The molecule has 0 atom stereocenters. The van der Waals surface area contributed by atoms with Gasteiger partial charge in [-0.2, -0.15) is 0 Å². The van der Waals surface area contributed by atoms with E-state index in [1.54, 1.807) is 5.38 Å². The van der Waals surface area contributed by atoms with Gasteiger partial charge in [0.15, 0.2) is 5.13 Å². The van der Waals surface area contributed by atoms with E-state index < -0.39 is 0 Å². The SMILES string of the molecule is CN(C)CCCN(CCCN(C)C)C(=O)c1csc(N)n1. The van der Waals surface area contributed by atoms with Gasteiger partial charge in [0.05, 0.1) is 0 Å². The van der Waals surface area contributed by atoms with Crippen LogP contribution in [0.1, 0.15) is 23.3 Å². The van der Waals surface area contributed by atoms with Gasteiger partial charge in [-0.25, -0.2) is 4.98 Å². The van der Waals surface area contributed by atoms with Crippen molar-refractivity contribution in [1.82, 2.24) is 19.7 Å². The molecular weight excluding hydrogens is 286 g/mol. The summed E-state index contributed by atoms with van der Waals surface area (Å²) in [5, 5.41) is 2.18. The van der Waals surface area contributed by atoms with Crippen LogP contribution in [-0.4, -0.2) is 80.0 Å². The van der Waals surface area contributed by atoms with E-state index in [2.05, 4.69) is 14.8 Å². The maximum Gasteiger partial charge on any atom is 0.273 e. The Bertz CT molecular complexity index is 419. The van der Waals surface area contributed by atoms with Gasteiger partial charge in [0.1, 0.15) is 5.69 Å². The lowest BCUT2D eigenvalue weighted by Crippen LogP contribution is -2.35. The van der Waals surface area contributed by atoms with Crippen LogP contribution in [0, 0.1) is 0 Å². The minimum absolute atomic E-state index is 0.0135. The highest BCUT2D eigenvalue weighted by molar-refractivity contribution is 7.13. The van der Waals surface area contributed by atoms with Crippen LogP contribution in [-0.2, 0) is 0 Å². The van der Waals surface area contributed by atoms with Gasteiger partial charge in [-0.3, -0.25) is 4.79 Å². The summed E-state index contributed by atoms with van der Waals surface area (Å²) in [6, 6.07) is 0. The standard InChI is InChI=1S/C14H27N5OS/c1-17(2)7-5-9-19(10-6-8-18(3)4)13(20)12-11-21-14(15)16-12/h11H,5-10H2,1-4H3,(H2,15,16). The predicted molar refractivity (Wildman–Crippen MR) is 88.8 cm³/mol. The molecule has 7 heteroatoms. The summed E-state index contributed by atoms with van der Waals surface area (Å²) in [4.78, 5) is 22.7. The second-order valence-electron chi connectivity index (χ2n) is 5.68. The normalized spacial score (nSPS) is 11.3. The van der Waals surface area contributed by atoms with E-state index in [4.69, 9.17) is 5.73 Å². The summed E-state index contributed by atoms with van der Waals surface area (Å²) >= 11 is 1.31. The number of nitrogens with zero attached hydrogens (tertiary/aromatic N) is 4. The molecule has 0 aliphatic carbocycles. The quantitative estimate of drug-likeness (QED) is 0.739. The molecular formula is C14H27N5OS. The number of hydrogen-bond acceptors (Lipinski definition) is 6. The number of carbonyl (C=O) groups is 1. The summed E-state index contributed by atoms with van der Waals surface area (Å²) in [6.07, 6.45) is 1.92. The van der Waals surface area contributed by atoms with Crippen molar-refractivity contribution >= 4 is 22.4 Å². The average Bonchev–Trinajstić information content (AvgIpc) is 2.82. The minimum atomic E-state index is -0.0135. The van der Waals surface area contributed by atoms with Crippen LogP contribution in [0.2, 0.25) is 0 Å². The third-order valence-corrected chi connectivity index (χ3v) is 3.77. The molecule has 1 amide bonds. The smallest absolute Gasteiger partial charge is 0.273 e. The zero-order valence-corrected chi connectivity index (χ0v) is 14.3. The minimum Gasteiger partial charge on any atom is -0.375 e. The second-order valence-corrected chi connectivity index (χ2v) is 6.57. The Balaban J connectivity index is 2.59. The van der Waals surface area contributed by atoms with E-state index in [1.165, 1.54) is 11.3 Å². The monoisotopic (exact) mass is 313 g/mol. The molecule has 1 aromatic rings. The van der Waals surface area contributed by atoms with Gasteiger partial charge >= 0.3 is 0 Å². The highest BCUT2D eigenvalue weighted by Gasteiger charge is 2.18. The van der Waals surface area contributed by atoms with Crippen molar-refractivity contribution in [2.24, 2.45) is 0 Å². The lowest BCUT2D eigenvalue weighted by atomic mass is 10.3. The molecule has 120 valence electrons. The van der Waals surface area contributed by atoms with Gasteiger partial charge in [-0.1, -0.05) is 0 Å². The Kier molecular flexibility index (Phi) is 7.63. The van der Waals surface area contributed by atoms with Gasteiger partial charge in [0, 0.05) is 18.5 Å². The summed E-state index contributed by atoms with van der Waals surface area (Å²) < 4.78 is 0. The van der Waals surface area contributed by atoms with Crippen molar-refractivity contribution in [1.29, 1.82) is 0 Å². The molecule has 0 spiro atoms. The Morgan fingerprint density at radius 1 is 1.10 bits per heavy atom. The number of aromatic nitrogens is 1.